The first kappa shape index (κ1) is 11.2. The topological polar surface area (TPSA) is 16.1 Å². The standard InChI is InChI=1S/C14H18N2/c1-13-5-3-9-16(12-13)10-4-7-14-6-2-8-15-11-14/h2,6,8,11,13H,3,5,9-10,12H2,1H3. The normalized spacial score (nSPS) is 21.2. The Morgan fingerprint density at radius 2 is 2.50 bits per heavy atom. The molecule has 16 heavy (non-hydrogen) atoms. The van der Waals surface area contributed by atoms with Gasteiger partial charge in [-0.15, -0.1) is 0 Å². The van der Waals surface area contributed by atoms with E-state index < -0.39 is 0 Å². The molecule has 0 aromatic carbocycles. The minimum absolute atomic E-state index is 0.828. The van der Waals surface area contributed by atoms with Crippen molar-refractivity contribution in [2.75, 3.05) is 19.6 Å². The fourth-order valence-electron chi connectivity index (χ4n) is 2.12. The molecule has 0 bridgehead atoms. The summed E-state index contributed by atoms with van der Waals surface area (Å²) in [6, 6.07) is 3.92. The molecule has 0 radical (unpaired) electrons. The maximum absolute atomic E-state index is 4.05. The highest BCUT2D eigenvalue weighted by molar-refractivity contribution is 5.31. The first-order valence-electron chi connectivity index (χ1n) is 5.96. The summed E-state index contributed by atoms with van der Waals surface area (Å²) < 4.78 is 0. The molecular formula is C14H18N2. The third-order valence-electron chi connectivity index (χ3n) is 2.94. The van der Waals surface area contributed by atoms with E-state index >= 15 is 0 Å². The van der Waals surface area contributed by atoms with E-state index in [9.17, 15) is 0 Å². The van der Waals surface area contributed by atoms with E-state index in [0.717, 1.165) is 18.0 Å². The van der Waals surface area contributed by atoms with Gasteiger partial charge in [0.2, 0.25) is 0 Å². The molecule has 2 rings (SSSR count). The number of pyridine rings is 1. The first-order valence-corrected chi connectivity index (χ1v) is 5.96. The molecule has 0 spiro atoms. The number of piperidine rings is 1. The minimum atomic E-state index is 0.828. The van der Waals surface area contributed by atoms with Crippen LogP contribution < -0.4 is 0 Å². The fourth-order valence-corrected chi connectivity index (χ4v) is 2.12. The second-order valence-electron chi connectivity index (χ2n) is 4.53. The molecule has 0 N–H and O–H groups in total. The first-order chi connectivity index (χ1) is 7.84. The van der Waals surface area contributed by atoms with Gasteiger partial charge in [-0.1, -0.05) is 18.8 Å². The molecule has 1 fully saturated rings. The summed E-state index contributed by atoms with van der Waals surface area (Å²) in [7, 11) is 0. The number of likely N-dealkylation sites (tertiary alicyclic amines) is 1. The van der Waals surface area contributed by atoms with Crippen molar-refractivity contribution in [3.05, 3.63) is 30.1 Å². The number of hydrogen-bond acceptors (Lipinski definition) is 2. The average molecular weight is 214 g/mol. The van der Waals surface area contributed by atoms with Crippen LogP contribution in [0.1, 0.15) is 25.3 Å². The van der Waals surface area contributed by atoms with Crippen LogP contribution in [0.15, 0.2) is 24.5 Å². The van der Waals surface area contributed by atoms with Crippen LogP contribution in [0.4, 0.5) is 0 Å². The third-order valence-corrected chi connectivity index (χ3v) is 2.94. The second kappa shape index (κ2) is 5.67. The van der Waals surface area contributed by atoms with E-state index in [-0.39, 0.29) is 0 Å². The van der Waals surface area contributed by atoms with Crippen molar-refractivity contribution in [1.82, 2.24) is 9.88 Å². The van der Waals surface area contributed by atoms with Crippen molar-refractivity contribution in [3.63, 3.8) is 0 Å². The lowest BCUT2D eigenvalue weighted by atomic mass is 10.0. The van der Waals surface area contributed by atoms with E-state index in [1.807, 2.05) is 18.3 Å². The van der Waals surface area contributed by atoms with Crippen molar-refractivity contribution in [3.8, 4) is 11.8 Å². The predicted octanol–water partition coefficient (Wildman–Crippen LogP) is 2.17. The quantitative estimate of drug-likeness (QED) is 0.666. The summed E-state index contributed by atoms with van der Waals surface area (Å²) in [5.74, 6) is 7.21. The van der Waals surface area contributed by atoms with Gasteiger partial charge >= 0.3 is 0 Å². The van der Waals surface area contributed by atoms with Gasteiger partial charge in [0.05, 0.1) is 6.54 Å². The van der Waals surface area contributed by atoms with Gasteiger partial charge in [0.15, 0.2) is 0 Å². The Bertz CT molecular complexity index is 375. The number of rotatable bonds is 1. The molecule has 1 saturated heterocycles. The Labute approximate surface area is 97.7 Å². The van der Waals surface area contributed by atoms with E-state index in [1.165, 1.54) is 25.9 Å². The van der Waals surface area contributed by atoms with Crippen LogP contribution in [0.2, 0.25) is 0 Å². The number of hydrogen-bond donors (Lipinski definition) is 0. The van der Waals surface area contributed by atoms with Gasteiger partial charge in [-0.3, -0.25) is 9.88 Å². The molecule has 2 heteroatoms. The maximum Gasteiger partial charge on any atom is 0.0605 e. The van der Waals surface area contributed by atoms with E-state index in [1.54, 1.807) is 6.20 Å². The van der Waals surface area contributed by atoms with Crippen LogP contribution in [0.3, 0.4) is 0 Å². The van der Waals surface area contributed by atoms with E-state index in [4.69, 9.17) is 0 Å². The summed E-state index contributed by atoms with van der Waals surface area (Å²) in [5, 5.41) is 0. The summed E-state index contributed by atoms with van der Waals surface area (Å²) in [4.78, 5) is 6.49. The van der Waals surface area contributed by atoms with Crippen LogP contribution in [0.25, 0.3) is 0 Å². The van der Waals surface area contributed by atoms with Gasteiger partial charge in [0, 0.05) is 24.5 Å². The molecular weight excluding hydrogens is 196 g/mol. The van der Waals surface area contributed by atoms with E-state index in [0.29, 0.717) is 0 Å². The summed E-state index contributed by atoms with van der Waals surface area (Å²) in [6.07, 6.45) is 6.27. The lowest BCUT2D eigenvalue weighted by Gasteiger charge is -2.28. The van der Waals surface area contributed by atoms with Gasteiger partial charge < -0.3 is 0 Å². The summed E-state index contributed by atoms with van der Waals surface area (Å²) >= 11 is 0. The van der Waals surface area contributed by atoms with Crippen molar-refractivity contribution >= 4 is 0 Å². The highest BCUT2D eigenvalue weighted by Crippen LogP contribution is 2.14. The Balaban J connectivity index is 1.85. The molecule has 1 aromatic heterocycles. The zero-order chi connectivity index (χ0) is 11.2. The van der Waals surface area contributed by atoms with Gasteiger partial charge in [-0.25, -0.2) is 0 Å². The Hall–Kier alpha value is -1.33. The molecule has 0 aliphatic carbocycles. The smallest absolute Gasteiger partial charge is 0.0605 e. The van der Waals surface area contributed by atoms with Crippen LogP contribution in [-0.4, -0.2) is 29.5 Å². The molecule has 0 amide bonds. The average Bonchev–Trinajstić information content (AvgIpc) is 2.30. The maximum atomic E-state index is 4.05. The molecule has 0 saturated carbocycles. The molecule has 84 valence electrons. The van der Waals surface area contributed by atoms with Crippen molar-refractivity contribution in [1.29, 1.82) is 0 Å². The largest absolute Gasteiger partial charge is 0.292 e. The van der Waals surface area contributed by atoms with Gasteiger partial charge in [-0.2, -0.15) is 0 Å². The van der Waals surface area contributed by atoms with Crippen LogP contribution in [0, 0.1) is 17.8 Å². The predicted molar refractivity (Wildman–Crippen MR) is 66.0 cm³/mol. The third kappa shape index (κ3) is 3.36. The lowest BCUT2D eigenvalue weighted by Crippen LogP contribution is -2.34. The fraction of sp³-hybridized carbons (Fsp3) is 0.500. The second-order valence-corrected chi connectivity index (χ2v) is 4.53. The van der Waals surface area contributed by atoms with Crippen LogP contribution in [-0.2, 0) is 0 Å². The minimum Gasteiger partial charge on any atom is -0.292 e. The van der Waals surface area contributed by atoms with Crippen molar-refractivity contribution < 1.29 is 0 Å². The number of aromatic nitrogens is 1. The van der Waals surface area contributed by atoms with Gasteiger partial charge in [0.25, 0.3) is 0 Å². The Morgan fingerprint density at radius 3 is 3.25 bits per heavy atom. The Morgan fingerprint density at radius 1 is 1.56 bits per heavy atom. The highest BCUT2D eigenvalue weighted by Gasteiger charge is 2.14. The molecule has 1 aromatic rings. The monoisotopic (exact) mass is 214 g/mol. The lowest BCUT2D eigenvalue weighted by molar-refractivity contribution is 0.204. The Kier molecular flexibility index (Phi) is 3.96. The molecule has 1 atom stereocenters. The number of nitrogens with zero attached hydrogens (tertiary/aromatic N) is 2. The summed E-state index contributed by atoms with van der Waals surface area (Å²) in [5.41, 5.74) is 1.01. The molecule has 1 unspecified atom stereocenters. The van der Waals surface area contributed by atoms with Crippen LogP contribution >= 0.6 is 0 Å². The SMILES string of the molecule is CC1CCCN(CC#Cc2cccnc2)C1. The highest BCUT2D eigenvalue weighted by atomic mass is 15.1. The molecule has 1 aliphatic heterocycles. The molecule has 1 aliphatic rings. The van der Waals surface area contributed by atoms with Gasteiger partial charge in [0.1, 0.15) is 0 Å². The van der Waals surface area contributed by atoms with Crippen molar-refractivity contribution in [2.45, 2.75) is 19.8 Å². The van der Waals surface area contributed by atoms with Gasteiger partial charge in [-0.05, 0) is 37.4 Å². The van der Waals surface area contributed by atoms with Crippen molar-refractivity contribution in [2.24, 2.45) is 5.92 Å². The molecule has 2 heterocycles. The zero-order valence-corrected chi connectivity index (χ0v) is 9.82. The van der Waals surface area contributed by atoms with E-state index in [2.05, 4.69) is 28.6 Å². The zero-order valence-electron chi connectivity index (χ0n) is 9.82. The summed E-state index contributed by atoms with van der Waals surface area (Å²) in [6.45, 7) is 5.60. The van der Waals surface area contributed by atoms with Crippen LogP contribution in [0.5, 0.6) is 0 Å². The molecule has 2 nitrogen and oxygen atoms in total.